The number of aromatic nitrogens is 2. The molecule has 0 aliphatic carbocycles. The number of hydrogen-bond donors (Lipinski definition) is 3. The van der Waals surface area contributed by atoms with Crippen molar-refractivity contribution in [3.05, 3.63) is 125 Å². The highest BCUT2D eigenvalue weighted by atomic mass is 19.4. The molecule has 12 heteroatoms. The van der Waals surface area contributed by atoms with Gasteiger partial charge in [0, 0.05) is 35.7 Å². The molecular weight excluding hydrogens is 587 g/mol. The van der Waals surface area contributed by atoms with Gasteiger partial charge in [-0.05, 0) is 48.4 Å². The van der Waals surface area contributed by atoms with E-state index in [1.54, 1.807) is 42.1 Å². The molecule has 2 heterocycles. The van der Waals surface area contributed by atoms with Crippen LogP contribution in [0.2, 0.25) is 0 Å². The van der Waals surface area contributed by atoms with Gasteiger partial charge >= 0.3 is 6.18 Å². The number of anilines is 1. The molecule has 0 saturated carbocycles. The molecule has 232 valence electrons. The zero-order chi connectivity index (χ0) is 32.3. The number of nitrogens with zero attached hydrogens (tertiary/aromatic N) is 3. The number of amides is 3. The van der Waals surface area contributed by atoms with Gasteiger partial charge < -0.3 is 15.7 Å². The number of benzene rings is 3. The molecular formula is C33H30F3N5O4. The van der Waals surface area contributed by atoms with E-state index in [4.69, 9.17) is 0 Å². The first-order valence-electron chi connectivity index (χ1n) is 14.1. The maximum Gasteiger partial charge on any atom is 0.416 e. The summed E-state index contributed by atoms with van der Waals surface area (Å²) < 4.78 is 41.9. The van der Waals surface area contributed by atoms with Crippen LogP contribution in [0.4, 0.5) is 19.0 Å². The fourth-order valence-corrected chi connectivity index (χ4v) is 5.36. The normalized spacial score (nSPS) is 16.2. The number of nitrogens with one attached hydrogen (secondary N) is 2. The van der Waals surface area contributed by atoms with Crippen molar-refractivity contribution >= 4 is 23.5 Å². The van der Waals surface area contributed by atoms with Crippen LogP contribution in [0.5, 0.6) is 0 Å². The number of carbonyl (C=O) groups excluding carboxylic acids is 3. The van der Waals surface area contributed by atoms with Crippen molar-refractivity contribution in [1.29, 1.82) is 0 Å². The summed E-state index contributed by atoms with van der Waals surface area (Å²) in [4.78, 5) is 41.3. The molecule has 2 atom stereocenters. The third kappa shape index (κ3) is 6.36. The molecule has 4 aromatic rings. The summed E-state index contributed by atoms with van der Waals surface area (Å²) >= 11 is 0. The van der Waals surface area contributed by atoms with E-state index in [9.17, 15) is 32.7 Å². The van der Waals surface area contributed by atoms with Gasteiger partial charge in [-0.15, -0.1) is 0 Å². The number of alkyl halides is 3. The van der Waals surface area contributed by atoms with Crippen LogP contribution in [0.3, 0.4) is 0 Å². The fourth-order valence-electron chi connectivity index (χ4n) is 5.36. The molecule has 1 aromatic heterocycles. The molecule has 0 fully saturated rings. The van der Waals surface area contributed by atoms with Crippen LogP contribution < -0.4 is 15.5 Å². The molecule has 3 aromatic carbocycles. The first kappa shape index (κ1) is 31.2. The Morgan fingerprint density at radius 3 is 2.44 bits per heavy atom. The van der Waals surface area contributed by atoms with Crippen molar-refractivity contribution in [1.82, 2.24) is 20.4 Å². The van der Waals surface area contributed by atoms with E-state index >= 15 is 0 Å². The third-order valence-electron chi connectivity index (χ3n) is 7.56. The minimum absolute atomic E-state index is 0.000902. The first-order valence-corrected chi connectivity index (χ1v) is 14.1. The second-order valence-electron chi connectivity index (χ2n) is 10.5. The van der Waals surface area contributed by atoms with E-state index in [0.29, 0.717) is 28.2 Å². The van der Waals surface area contributed by atoms with Crippen LogP contribution in [-0.4, -0.2) is 51.8 Å². The predicted octanol–water partition coefficient (Wildman–Crippen LogP) is 4.35. The average Bonchev–Trinajstić information content (AvgIpc) is 3.48. The zero-order valence-electron chi connectivity index (χ0n) is 24.2. The van der Waals surface area contributed by atoms with Crippen LogP contribution in [0.1, 0.15) is 45.5 Å². The number of rotatable bonds is 9. The summed E-state index contributed by atoms with van der Waals surface area (Å²) in [5.41, 5.74) is 1.36. The molecule has 0 saturated heterocycles. The lowest BCUT2D eigenvalue weighted by atomic mass is 9.81. The summed E-state index contributed by atoms with van der Waals surface area (Å²) in [6.07, 6.45) is -3.04. The molecule has 0 spiro atoms. The molecule has 1 aliphatic rings. The third-order valence-corrected chi connectivity index (χ3v) is 7.56. The Morgan fingerprint density at radius 1 is 1.02 bits per heavy atom. The predicted molar refractivity (Wildman–Crippen MR) is 161 cm³/mol. The number of carbonyl (C=O) groups is 3. The maximum atomic E-state index is 14.2. The van der Waals surface area contributed by atoms with Gasteiger partial charge in [0.1, 0.15) is 11.9 Å². The lowest BCUT2D eigenvalue weighted by Crippen LogP contribution is -2.55. The summed E-state index contributed by atoms with van der Waals surface area (Å²) in [6, 6.07) is 19.1. The monoisotopic (exact) mass is 617 g/mol. The van der Waals surface area contributed by atoms with Gasteiger partial charge in [0.05, 0.1) is 24.1 Å². The van der Waals surface area contributed by atoms with E-state index in [2.05, 4.69) is 22.3 Å². The molecule has 0 radical (unpaired) electrons. The average molecular weight is 618 g/mol. The highest BCUT2D eigenvalue weighted by Gasteiger charge is 2.44. The second kappa shape index (κ2) is 12.8. The van der Waals surface area contributed by atoms with Crippen molar-refractivity contribution in [3.63, 3.8) is 0 Å². The summed E-state index contributed by atoms with van der Waals surface area (Å²) in [5.74, 6) is -2.12. The van der Waals surface area contributed by atoms with E-state index in [-0.39, 0.29) is 24.2 Å². The van der Waals surface area contributed by atoms with Gasteiger partial charge in [-0.2, -0.15) is 18.3 Å². The highest BCUT2D eigenvalue weighted by molar-refractivity contribution is 6.05. The minimum atomic E-state index is -4.65. The Morgan fingerprint density at radius 2 is 1.76 bits per heavy atom. The quantitative estimate of drug-likeness (QED) is 0.242. The topological polar surface area (TPSA) is 117 Å². The molecule has 9 nitrogen and oxygen atoms in total. The molecule has 0 unspecified atom stereocenters. The number of para-hydroxylation sites is 1. The Kier molecular flexibility index (Phi) is 8.87. The fraction of sp³-hybridized carbons (Fsp3) is 0.212. The maximum absolute atomic E-state index is 14.2. The lowest BCUT2D eigenvalue weighted by Gasteiger charge is -2.38. The van der Waals surface area contributed by atoms with Gasteiger partial charge in [-0.25, -0.2) is 4.68 Å². The Bertz CT molecular complexity index is 1750. The van der Waals surface area contributed by atoms with Gasteiger partial charge in [0.25, 0.3) is 11.8 Å². The van der Waals surface area contributed by atoms with Crippen LogP contribution >= 0.6 is 0 Å². The van der Waals surface area contributed by atoms with Gasteiger partial charge in [0.2, 0.25) is 5.91 Å². The van der Waals surface area contributed by atoms with E-state index < -0.39 is 48.0 Å². The summed E-state index contributed by atoms with van der Waals surface area (Å²) in [5, 5.41) is 19.2. The number of halogens is 3. The highest BCUT2D eigenvalue weighted by Crippen LogP contribution is 2.41. The lowest BCUT2D eigenvalue weighted by molar-refractivity contribution is -0.137. The Hall–Kier alpha value is -5.23. The van der Waals surface area contributed by atoms with Crippen molar-refractivity contribution in [3.8, 4) is 5.69 Å². The Labute approximate surface area is 257 Å². The number of likely N-dealkylation sites (N-methyl/N-ethyl adjacent to an activating group) is 1. The molecule has 3 amide bonds. The summed E-state index contributed by atoms with van der Waals surface area (Å²) in [6.45, 7) is 5.12. The summed E-state index contributed by atoms with van der Waals surface area (Å²) in [7, 11) is 0. The van der Waals surface area contributed by atoms with Gasteiger partial charge in [-0.1, -0.05) is 55.1 Å². The van der Waals surface area contributed by atoms with Crippen LogP contribution in [0.15, 0.2) is 97.2 Å². The van der Waals surface area contributed by atoms with Gasteiger partial charge in [-0.3, -0.25) is 19.3 Å². The number of fused-ring (bicyclic) bond motifs is 1. The van der Waals surface area contributed by atoms with Crippen molar-refractivity contribution < 1.29 is 32.7 Å². The van der Waals surface area contributed by atoms with Crippen LogP contribution in [-0.2, 0) is 22.3 Å². The van der Waals surface area contributed by atoms with E-state index in [1.165, 1.54) is 11.0 Å². The number of aliphatic hydroxyl groups excluding tert-OH is 1. The van der Waals surface area contributed by atoms with E-state index in [1.807, 2.05) is 30.3 Å². The van der Waals surface area contributed by atoms with Crippen molar-refractivity contribution in [2.45, 2.75) is 31.6 Å². The second-order valence-corrected chi connectivity index (χ2v) is 10.5. The molecule has 0 bridgehead atoms. The minimum Gasteiger partial charge on any atom is -0.391 e. The largest absolute Gasteiger partial charge is 0.416 e. The number of hydrogen-bond acceptors (Lipinski definition) is 5. The molecule has 1 aliphatic heterocycles. The molecule has 5 rings (SSSR count). The standard InChI is InChI=1S/C33H30F3N5O4/c1-3-40-31-26(18-38-41(31)25-13-5-4-6-14-25)27(22-10-7-9-21(15-22)17-37-29(43)20(2)19-42)28(32(40)45)39-30(44)23-11-8-12-24(16-23)33(34,35)36/h4-16,18,27-28,42H,2-3,17,19H2,1H3,(H,37,43)(H,39,44)/t27-,28+/m0/s1. The van der Waals surface area contributed by atoms with Crippen molar-refractivity contribution in [2.24, 2.45) is 0 Å². The van der Waals surface area contributed by atoms with Crippen LogP contribution in [0.25, 0.3) is 5.69 Å². The smallest absolute Gasteiger partial charge is 0.391 e. The first-order chi connectivity index (χ1) is 21.5. The SMILES string of the molecule is C=C(CO)C(=O)NCc1cccc([C@H]2c3cnn(-c4ccccc4)c3N(CC)C(=O)[C@@H]2NC(=O)c2cccc(C(F)(F)F)c2)c1. The number of aliphatic hydroxyl groups is 1. The Balaban J connectivity index is 1.59. The molecule has 45 heavy (non-hydrogen) atoms. The van der Waals surface area contributed by atoms with Crippen LogP contribution in [0, 0.1) is 0 Å². The van der Waals surface area contributed by atoms with Gasteiger partial charge in [0.15, 0.2) is 0 Å². The zero-order valence-corrected chi connectivity index (χ0v) is 24.2. The molecule has 3 N–H and O–H groups in total. The van der Waals surface area contributed by atoms with Crippen molar-refractivity contribution in [2.75, 3.05) is 18.1 Å². The van der Waals surface area contributed by atoms with E-state index in [0.717, 1.165) is 18.2 Å².